The number of nitrogens with zero attached hydrogens (tertiary/aromatic N) is 3. The quantitative estimate of drug-likeness (QED) is 0.327. The molecule has 2 N–H and O–H groups in total. The molecular weight excluding hydrogens is 492 g/mol. The molecule has 4 aromatic rings. The normalized spacial score (nSPS) is 11.4. The minimum absolute atomic E-state index is 0.0632. The highest BCUT2D eigenvalue weighted by molar-refractivity contribution is 9.10. The molecule has 31 heavy (non-hydrogen) atoms. The fraction of sp³-hybridized carbons (Fsp3) is 0.100. The van der Waals surface area contributed by atoms with Crippen LogP contribution in [0.15, 0.2) is 63.7 Å². The van der Waals surface area contributed by atoms with Crippen LogP contribution in [0.25, 0.3) is 22.7 Å². The van der Waals surface area contributed by atoms with E-state index in [2.05, 4.69) is 41.5 Å². The van der Waals surface area contributed by atoms with Crippen molar-refractivity contribution in [1.82, 2.24) is 15.0 Å². The number of thiocarbonyl (C=S) groups is 1. The van der Waals surface area contributed by atoms with Crippen molar-refractivity contribution >= 4 is 56.0 Å². The van der Waals surface area contributed by atoms with Crippen LogP contribution in [0, 0.1) is 0 Å². The highest BCUT2D eigenvalue weighted by Crippen LogP contribution is 2.32. The number of benzene rings is 1. The van der Waals surface area contributed by atoms with Crippen LogP contribution in [0.5, 0.6) is 5.75 Å². The van der Waals surface area contributed by atoms with E-state index in [4.69, 9.17) is 21.4 Å². The summed E-state index contributed by atoms with van der Waals surface area (Å²) < 4.78 is 37.7. The Morgan fingerprint density at radius 1 is 1.13 bits per heavy atom. The molecule has 0 atom stereocenters. The van der Waals surface area contributed by atoms with Gasteiger partial charge in [-0.1, -0.05) is 15.9 Å². The van der Waals surface area contributed by atoms with E-state index in [1.54, 1.807) is 48.8 Å². The SMILES string of the molecule is CC(F)(F)Oc1cc(Br)ccc1NC(=S)Nc1cc(-c2nc3ncccc3o2)ccn1. The predicted molar refractivity (Wildman–Crippen MR) is 120 cm³/mol. The number of nitrogens with one attached hydrogen (secondary N) is 2. The summed E-state index contributed by atoms with van der Waals surface area (Å²) in [5.41, 5.74) is 1.99. The molecule has 3 heterocycles. The Labute approximate surface area is 189 Å². The number of halogens is 3. The molecule has 0 amide bonds. The maximum absolute atomic E-state index is 13.3. The fourth-order valence-corrected chi connectivity index (χ4v) is 3.23. The molecule has 158 valence electrons. The zero-order chi connectivity index (χ0) is 22.0. The smallest absolute Gasteiger partial charge is 0.394 e. The lowest BCUT2D eigenvalue weighted by Gasteiger charge is -2.18. The van der Waals surface area contributed by atoms with E-state index in [1.807, 2.05) is 0 Å². The van der Waals surface area contributed by atoms with Gasteiger partial charge in [0.15, 0.2) is 22.1 Å². The Morgan fingerprint density at radius 2 is 1.97 bits per heavy atom. The van der Waals surface area contributed by atoms with Gasteiger partial charge in [0, 0.05) is 29.4 Å². The van der Waals surface area contributed by atoms with E-state index >= 15 is 0 Å². The topological polar surface area (TPSA) is 85.1 Å². The molecule has 0 saturated heterocycles. The van der Waals surface area contributed by atoms with Crippen molar-refractivity contribution < 1.29 is 17.9 Å². The van der Waals surface area contributed by atoms with Gasteiger partial charge in [0.05, 0.1) is 5.69 Å². The first-order valence-electron chi connectivity index (χ1n) is 8.89. The Morgan fingerprint density at radius 3 is 2.74 bits per heavy atom. The first-order valence-corrected chi connectivity index (χ1v) is 10.1. The average molecular weight is 506 g/mol. The van der Waals surface area contributed by atoms with E-state index in [-0.39, 0.29) is 16.5 Å². The molecule has 3 aromatic heterocycles. The van der Waals surface area contributed by atoms with E-state index in [9.17, 15) is 8.78 Å². The van der Waals surface area contributed by atoms with Crippen molar-refractivity contribution in [3.8, 4) is 17.2 Å². The van der Waals surface area contributed by atoms with E-state index in [0.717, 1.165) is 0 Å². The van der Waals surface area contributed by atoms with Gasteiger partial charge in [0.2, 0.25) is 5.89 Å². The number of anilines is 2. The number of pyridine rings is 2. The molecule has 4 rings (SSSR count). The van der Waals surface area contributed by atoms with Crippen molar-refractivity contribution in [2.24, 2.45) is 0 Å². The summed E-state index contributed by atoms with van der Waals surface area (Å²) in [5.74, 6) is 0.726. The summed E-state index contributed by atoms with van der Waals surface area (Å²) in [5, 5.41) is 5.88. The summed E-state index contributed by atoms with van der Waals surface area (Å²) in [7, 11) is 0. The molecular formula is C20H14BrF2N5O2S. The lowest BCUT2D eigenvalue weighted by atomic mass is 10.2. The molecule has 0 aliphatic rings. The van der Waals surface area contributed by atoms with Crippen LogP contribution in [0.1, 0.15) is 6.92 Å². The summed E-state index contributed by atoms with van der Waals surface area (Å²) >= 11 is 8.53. The molecule has 0 saturated carbocycles. The Balaban J connectivity index is 1.51. The average Bonchev–Trinajstić information content (AvgIpc) is 3.13. The van der Waals surface area contributed by atoms with Crippen LogP contribution in [0.4, 0.5) is 20.3 Å². The van der Waals surface area contributed by atoms with Gasteiger partial charge >= 0.3 is 6.11 Å². The van der Waals surface area contributed by atoms with Crippen molar-refractivity contribution in [2.45, 2.75) is 13.0 Å². The Kier molecular flexibility index (Phi) is 5.79. The number of rotatable bonds is 5. The molecule has 0 aliphatic carbocycles. The van der Waals surface area contributed by atoms with Gasteiger partial charge in [-0.2, -0.15) is 13.8 Å². The largest absolute Gasteiger partial charge is 0.434 e. The Bertz CT molecular complexity index is 1230. The van der Waals surface area contributed by atoms with Gasteiger partial charge in [-0.15, -0.1) is 0 Å². The number of aromatic nitrogens is 3. The third kappa shape index (κ3) is 5.30. The highest BCUT2D eigenvalue weighted by atomic mass is 79.9. The minimum Gasteiger partial charge on any atom is -0.434 e. The van der Waals surface area contributed by atoms with Crippen LogP contribution in [0.2, 0.25) is 0 Å². The summed E-state index contributed by atoms with van der Waals surface area (Å²) in [6.45, 7) is 0.658. The third-order valence-corrected chi connectivity index (χ3v) is 4.59. The second kappa shape index (κ2) is 8.52. The van der Waals surface area contributed by atoms with Gasteiger partial charge in [-0.3, -0.25) is 0 Å². The first kappa shape index (κ1) is 21.1. The Hall–Kier alpha value is -3.18. The van der Waals surface area contributed by atoms with E-state index in [0.29, 0.717) is 39.9 Å². The maximum Gasteiger partial charge on any atom is 0.394 e. The monoisotopic (exact) mass is 505 g/mol. The summed E-state index contributed by atoms with van der Waals surface area (Å²) in [6, 6.07) is 11.6. The summed E-state index contributed by atoms with van der Waals surface area (Å²) in [6.07, 6.45) is -0.155. The number of alkyl halides is 2. The number of hydrogen-bond acceptors (Lipinski definition) is 6. The molecule has 0 bridgehead atoms. The highest BCUT2D eigenvalue weighted by Gasteiger charge is 2.25. The lowest BCUT2D eigenvalue weighted by Crippen LogP contribution is -2.23. The predicted octanol–water partition coefficient (Wildman–Crippen LogP) is 5.85. The van der Waals surface area contributed by atoms with Crippen molar-refractivity contribution in [2.75, 3.05) is 10.6 Å². The van der Waals surface area contributed by atoms with Gasteiger partial charge in [-0.05, 0) is 54.7 Å². The van der Waals surface area contributed by atoms with Gasteiger partial charge in [-0.25, -0.2) is 9.97 Å². The van der Waals surface area contributed by atoms with Crippen LogP contribution < -0.4 is 15.4 Å². The second-order valence-electron chi connectivity index (χ2n) is 6.40. The third-order valence-electron chi connectivity index (χ3n) is 3.89. The number of ether oxygens (including phenoxy) is 1. The zero-order valence-corrected chi connectivity index (χ0v) is 18.3. The maximum atomic E-state index is 13.3. The van der Waals surface area contributed by atoms with Crippen LogP contribution >= 0.6 is 28.1 Å². The molecule has 11 heteroatoms. The van der Waals surface area contributed by atoms with E-state index in [1.165, 1.54) is 6.07 Å². The van der Waals surface area contributed by atoms with Gasteiger partial charge in [0.25, 0.3) is 0 Å². The molecule has 0 spiro atoms. The van der Waals surface area contributed by atoms with Crippen LogP contribution in [-0.2, 0) is 0 Å². The fourth-order valence-electron chi connectivity index (χ4n) is 2.67. The number of oxazole rings is 1. The molecule has 7 nitrogen and oxygen atoms in total. The van der Waals surface area contributed by atoms with Crippen molar-refractivity contribution in [3.05, 3.63) is 59.3 Å². The molecule has 0 fully saturated rings. The van der Waals surface area contributed by atoms with E-state index < -0.39 is 6.11 Å². The molecule has 1 aromatic carbocycles. The second-order valence-corrected chi connectivity index (χ2v) is 7.73. The first-order chi connectivity index (χ1) is 14.8. The minimum atomic E-state index is -3.35. The van der Waals surface area contributed by atoms with Crippen molar-refractivity contribution in [3.63, 3.8) is 0 Å². The standard InChI is InChI=1S/C20H14BrF2N5O2S/c1-20(22,23)30-15-10-12(21)4-5-13(15)26-19(31)27-16-9-11(6-8-24-16)18-28-17-14(29-18)3-2-7-25-17/h2-10H,1H3,(H2,24,26,27,31). The lowest BCUT2D eigenvalue weighted by molar-refractivity contribution is -0.158. The van der Waals surface area contributed by atoms with Crippen LogP contribution in [-0.4, -0.2) is 26.2 Å². The number of fused-ring (bicyclic) bond motifs is 1. The van der Waals surface area contributed by atoms with Crippen LogP contribution in [0.3, 0.4) is 0 Å². The number of hydrogen-bond donors (Lipinski definition) is 2. The molecule has 0 aliphatic heterocycles. The summed E-state index contributed by atoms with van der Waals surface area (Å²) in [4.78, 5) is 12.7. The van der Waals surface area contributed by atoms with Gasteiger partial charge in [0.1, 0.15) is 5.82 Å². The van der Waals surface area contributed by atoms with Gasteiger partial charge < -0.3 is 19.8 Å². The zero-order valence-electron chi connectivity index (χ0n) is 15.9. The molecule has 0 radical (unpaired) electrons. The molecule has 0 unspecified atom stereocenters. The van der Waals surface area contributed by atoms with Crippen molar-refractivity contribution in [1.29, 1.82) is 0 Å².